The van der Waals surface area contributed by atoms with Crippen molar-refractivity contribution < 1.29 is 9.53 Å². The highest BCUT2D eigenvalue weighted by atomic mass is 16.5. The molecule has 0 radical (unpaired) electrons. The maximum atomic E-state index is 11.5. The third-order valence-electron chi connectivity index (χ3n) is 4.06. The molecule has 2 heterocycles. The predicted molar refractivity (Wildman–Crippen MR) is 63.4 cm³/mol. The van der Waals surface area contributed by atoms with Crippen molar-refractivity contribution in [3.8, 4) is 0 Å². The van der Waals surface area contributed by atoms with Gasteiger partial charge in [-0.2, -0.15) is 0 Å². The first kappa shape index (κ1) is 12.1. The SMILES string of the molecule is CC1CN(CC2(C)CCOCC2)CCC1=O. The zero-order chi connectivity index (χ0) is 11.6. The summed E-state index contributed by atoms with van der Waals surface area (Å²) in [6, 6.07) is 0. The Balaban J connectivity index is 1.87. The number of ketones is 1. The lowest BCUT2D eigenvalue weighted by atomic mass is 9.81. The Labute approximate surface area is 98.1 Å². The number of nitrogens with zero attached hydrogens (tertiary/aromatic N) is 1. The number of carbonyl (C=O) groups excluding carboxylic acids is 1. The second-order valence-corrected chi connectivity index (χ2v) is 5.78. The van der Waals surface area contributed by atoms with Crippen LogP contribution in [0.2, 0.25) is 0 Å². The Kier molecular flexibility index (Phi) is 3.65. The molecule has 16 heavy (non-hydrogen) atoms. The smallest absolute Gasteiger partial charge is 0.138 e. The molecule has 0 aliphatic carbocycles. The number of piperidine rings is 1. The maximum absolute atomic E-state index is 11.5. The first-order valence-corrected chi connectivity index (χ1v) is 6.42. The van der Waals surface area contributed by atoms with Gasteiger partial charge < -0.3 is 9.64 Å². The molecule has 3 nitrogen and oxygen atoms in total. The highest BCUT2D eigenvalue weighted by Gasteiger charge is 2.32. The molecule has 0 spiro atoms. The van der Waals surface area contributed by atoms with Crippen molar-refractivity contribution in [2.45, 2.75) is 33.1 Å². The van der Waals surface area contributed by atoms with Gasteiger partial charge >= 0.3 is 0 Å². The normalized spacial score (nSPS) is 31.6. The van der Waals surface area contributed by atoms with Crippen molar-refractivity contribution in [1.29, 1.82) is 0 Å². The quantitative estimate of drug-likeness (QED) is 0.716. The van der Waals surface area contributed by atoms with Gasteiger partial charge in [0.2, 0.25) is 0 Å². The van der Waals surface area contributed by atoms with E-state index in [1.807, 2.05) is 0 Å². The van der Waals surface area contributed by atoms with Crippen molar-refractivity contribution in [2.24, 2.45) is 11.3 Å². The molecule has 2 rings (SSSR count). The van der Waals surface area contributed by atoms with E-state index in [4.69, 9.17) is 4.74 Å². The van der Waals surface area contributed by atoms with Gasteiger partial charge in [0, 0.05) is 45.2 Å². The zero-order valence-corrected chi connectivity index (χ0v) is 10.5. The van der Waals surface area contributed by atoms with Crippen molar-refractivity contribution >= 4 is 5.78 Å². The number of hydrogen-bond donors (Lipinski definition) is 0. The largest absolute Gasteiger partial charge is 0.381 e. The van der Waals surface area contributed by atoms with Crippen molar-refractivity contribution in [1.82, 2.24) is 4.90 Å². The summed E-state index contributed by atoms with van der Waals surface area (Å²) >= 11 is 0. The van der Waals surface area contributed by atoms with E-state index in [2.05, 4.69) is 18.7 Å². The summed E-state index contributed by atoms with van der Waals surface area (Å²) in [5, 5.41) is 0. The Morgan fingerprint density at radius 2 is 2.12 bits per heavy atom. The van der Waals surface area contributed by atoms with E-state index < -0.39 is 0 Å². The molecule has 1 atom stereocenters. The summed E-state index contributed by atoms with van der Waals surface area (Å²) in [7, 11) is 0. The summed E-state index contributed by atoms with van der Waals surface area (Å²) in [6.45, 7) is 9.26. The van der Waals surface area contributed by atoms with Crippen LogP contribution >= 0.6 is 0 Å². The van der Waals surface area contributed by atoms with Crippen molar-refractivity contribution in [3.63, 3.8) is 0 Å². The van der Waals surface area contributed by atoms with Gasteiger partial charge in [0.1, 0.15) is 5.78 Å². The van der Waals surface area contributed by atoms with Gasteiger partial charge in [-0.1, -0.05) is 13.8 Å². The fraction of sp³-hybridized carbons (Fsp3) is 0.923. The second kappa shape index (κ2) is 4.84. The minimum absolute atomic E-state index is 0.234. The van der Waals surface area contributed by atoms with Crippen molar-refractivity contribution in [3.05, 3.63) is 0 Å². The van der Waals surface area contributed by atoms with Crippen LogP contribution in [0, 0.1) is 11.3 Å². The van der Waals surface area contributed by atoms with Crippen LogP contribution in [0.15, 0.2) is 0 Å². The number of rotatable bonds is 2. The summed E-state index contributed by atoms with van der Waals surface area (Å²) in [5.41, 5.74) is 0.401. The number of likely N-dealkylation sites (tertiary alicyclic amines) is 1. The fourth-order valence-electron chi connectivity index (χ4n) is 2.80. The average Bonchev–Trinajstić information content (AvgIpc) is 2.24. The van der Waals surface area contributed by atoms with E-state index >= 15 is 0 Å². The third-order valence-corrected chi connectivity index (χ3v) is 4.06. The minimum Gasteiger partial charge on any atom is -0.381 e. The standard InChI is InChI=1S/C13H23NO2/c1-11-9-14(6-3-12(11)15)10-13(2)4-7-16-8-5-13/h11H,3-10H2,1-2H3. The summed E-state index contributed by atoms with van der Waals surface area (Å²) < 4.78 is 5.42. The van der Waals surface area contributed by atoms with E-state index in [0.29, 0.717) is 11.2 Å². The molecule has 2 aliphatic rings. The Morgan fingerprint density at radius 1 is 1.44 bits per heavy atom. The molecule has 1 unspecified atom stereocenters. The predicted octanol–water partition coefficient (Wildman–Crippen LogP) is 1.71. The van der Waals surface area contributed by atoms with Crippen LogP contribution in [0.4, 0.5) is 0 Å². The highest BCUT2D eigenvalue weighted by Crippen LogP contribution is 2.31. The van der Waals surface area contributed by atoms with Crippen LogP contribution in [0.5, 0.6) is 0 Å². The molecule has 0 aromatic rings. The van der Waals surface area contributed by atoms with E-state index in [1.165, 1.54) is 0 Å². The van der Waals surface area contributed by atoms with E-state index in [0.717, 1.165) is 52.1 Å². The first-order valence-electron chi connectivity index (χ1n) is 6.42. The first-order chi connectivity index (χ1) is 7.59. The number of Topliss-reactive ketones (excluding diaryl/α,β-unsaturated/α-hetero) is 1. The topological polar surface area (TPSA) is 29.5 Å². The molecule has 2 aliphatic heterocycles. The molecule has 2 saturated heterocycles. The molecule has 0 aromatic carbocycles. The summed E-state index contributed by atoms with van der Waals surface area (Å²) in [4.78, 5) is 13.9. The lowest BCUT2D eigenvalue weighted by Crippen LogP contribution is -2.46. The number of hydrogen-bond acceptors (Lipinski definition) is 3. The summed E-state index contributed by atoms with van der Waals surface area (Å²) in [5.74, 6) is 0.672. The van der Waals surface area contributed by atoms with Crippen LogP contribution in [-0.4, -0.2) is 43.5 Å². The van der Waals surface area contributed by atoms with Gasteiger partial charge in [-0.25, -0.2) is 0 Å². The molecule has 0 aromatic heterocycles. The monoisotopic (exact) mass is 225 g/mol. The number of ether oxygens (including phenoxy) is 1. The van der Waals surface area contributed by atoms with Gasteiger partial charge in [0.25, 0.3) is 0 Å². The van der Waals surface area contributed by atoms with Crippen LogP contribution in [0.1, 0.15) is 33.1 Å². The van der Waals surface area contributed by atoms with E-state index in [9.17, 15) is 4.79 Å². The highest BCUT2D eigenvalue weighted by molar-refractivity contribution is 5.81. The Hall–Kier alpha value is -0.410. The zero-order valence-electron chi connectivity index (χ0n) is 10.5. The van der Waals surface area contributed by atoms with Gasteiger partial charge in [-0.05, 0) is 18.3 Å². The molecule has 0 saturated carbocycles. The third kappa shape index (κ3) is 2.83. The van der Waals surface area contributed by atoms with Gasteiger partial charge in [-0.15, -0.1) is 0 Å². The molecule has 0 bridgehead atoms. The van der Waals surface area contributed by atoms with Gasteiger partial charge in [0.15, 0.2) is 0 Å². The van der Waals surface area contributed by atoms with E-state index in [-0.39, 0.29) is 5.92 Å². The molecule has 3 heteroatoms. The molecule has 92 valence electrons. The number of carbonyl (C=O) groups is 1. The lowest BCUT2D eigenvalue weighted by Gasteiger charge is -2.40. The molecule has 2 fully saturated rings. The van der Waals surface area contributed by atoms with Crippen molar-refractivity contribution in [2.75, 3.05) is 32.8 Å². The maximum Gasteiger partial charge on any atom is 0.138 e. The molecule has 0 amide bonds. The molecular weight excluding hydrogens is 202 g/mol. The average molecular weight is 225 g/mol. The summed E-state index contributed by atoms with van der Waals surface area (Å²) in [6.07, 6.45) is 3.06. The second-order valence-electron chi connectivity index (χ2n) is 5.78. The van der Waals surface area contributed by atoms with Crippen LogP contribution in [0.3, 0.4) is 0 Å². The van der Waals surface area contributed by atoms with Crippen LogP contribution in [-0.2, 0) is 9.53 Å². The molecule has 0 N–H and O–H groups in total. The Morgan fingerprint density at radius 3 is 2.75 bits per heavy atom. The van der Waals surface area contributed by atoms with E-state index in [1.54, 1.807) is 0 Å². The van der Waals surface area contributed by atoms with Gasteiger partial charge in [-0.3, -0.25) is 4.79 Å². The Bertz CT molecular complexity index is 259. The van der Waals surface area contributed by atoms with Crippen LogP contribution in [0.25, 0.3) is 0 Å². The van der Waals surface area contributed by atoms with Gasteiger partial charge in [0.05, 0.1) is 0 Å². The minimum atomic E-state index is 0.234. The fourth-order valence-corrected chi connectivity index (χ4v) is 2.80. The van der Waals surface area contributed by atoms with Crippen LogP contribution < -0.4 is 0 Å². The lowest BCUT2D eigenvalue weighted by molar-refractivity contribution is -0.126. The molecular formula is C13H23NO2.